The minimum absolute atomic E-state index is 0.106. The number of unbranched alkanes of at least 4 members (excludes halogenated alkanes) is 5. The maximum Gasteiger partial charge on any atom is 0.306 e. The van der Waals surface area contributed by atoms with Gasteiger partial charge < -0.3 is 10.4 Å². The number of hydrogen-bond acceptors (Lipinski definition) is 2. The molecule has 112 valence electrons. The summed E-state index contributed by atoms with van der Waals surface area (Å²) in [4.78, 5) is 11.2. The van der Waals surface area contributed by atoms with Gasteiger partial charge in [-0.1, -0.05) is 51.9 Å². The second kappa shape index (κ2) is 10.2. The molecular formula is C16H31NO2. The van der Waals surface area contributed by atoms with E-state index in [4.69, 9.17) is 0 Å². The first kappa shape index (κ1) is 16.5. The molecule has 0 radical (unpaired) electrons. The number of carbonyl (C=O) groups is 1. The van der Waals surface area contributed by atoms with E-state index in [2.05, 4.69) is 12.2 Å². The van der Waals surface area contributed by atoms with Crippen molar-refractivity contribution in [1.29, 1.82) is 0 Å². The first-order valence-corrected chi connectivity index (χ1v) is 8.19. The Hall–Kier alpha value is -0.570. The van der Waals surface area contributed by atoms with Crippen LogP contribution in [0.3, 0.4) is 0 Å². The van der Waals surface area contributed by atoms with Gasteiger partial charge in [-0.2, -0.15) is 0 Å². The molecule has 0 aromatic carbocycles. The van der Waals surface area contributed by atoms with Crippen molar-refractivity contribution in [2.75, 3.05) is 13.1 Å². The van der Waals surface area contributed by atoms with E-state index in [0.717, 1.165) is 32.4 Å². The van der Waals surface area contributed by atoms with Gasteiger partial charge in [-0.25, -0.2) is 0 Å². The van der Waals surface area contributed by atoms with E-state index >= 15 is 0 Å². The SMILES string of the molecule is CCCCCCCCNCC1CCCCC1C(=O)O. The first-order valence-electron chi connectivity index (χ1n) is 8.19. The Morgan fingerprint density at radius 1 is 1.11 bits per heavy atom. The van der Waals surface area contributed by atoms with Gasteiger partial charge in [0.05, 0.1) is 5.92 Å². The third-order valence-electron chi connectivity index (χ3n) is 4.34. The van der Waals surface area contributed by atoms with Gasteiger partial charge in [-0.05, 0) is 38.3 Å². The van der Waals surface area contributed by atoms with E-state index in [1.54, 1.807) is 0 Å². The highest BCUT2D eigenvalue weighted by Gasteiger charge is 2.30. The summed E-state index contributed by atoms with van der Waals surface area (Å²) in [6, 6.07) is 0. The van der Waals surface area contributed by atoms with Crippen molar-refractivity contribution in [3.63, 3.8) is 0 Å². The highest BCUT2D eigenvalue weighted by molar-refractivity contribution is 5.70. The van der Waals surface area contributed by atoms with Crippen molar-refractivity contribution in [2.45, 2.75) is 71.1 Å². The van der Waals surface area contributed by atoms with E-state index in [1.807, 2.05) is 0 Å². The van der Waals surface area contributed by atoms with Crippen LogP contribution < -0.4 is 5.32 Å². The lowest BCUT2D eigenvalue weighted by molar-refractivity contribution is -0.144. The minimum Gasteiger partial charge on any atom is -0.481 e. The van der Waals surface area contributed by atoms with Crippen LogP contribution in [-0.4, -0.2) is 24.2 Å². The number of nitrogens with one attached hydrogen (secondary N) is 1. The van der Waals surface area contributed by atoms with Crippen LogP contribution in [0.4, 0.5) is 0 Å². The minimum atomic E-state index is -0.592. The lowest BCUT2D eigenvalue weighted by atomic mass is 9.79. The van der Waals surface area contributed by atoms with E-state index in [9.17, 15) is 9.90 Å². The molecule has 1 saturated carbocycles. The molecule has 0 heterocycles. The van der Waals surface area contributed by atoms with Crippen LogP contribution in [0.15, 0.2) is 0 Å². The van der Waals surface area contributed by atoms with Crippen molar-refractivity contribution in [1.82, 2.24) is 5.32 Å². The second-order valence-electron chi connectivity index (χ2n) is 5.96. The fourth-order valence-corrected chi connectivity index (χ4v) is 3.09. The molecule has 3 nitrogen and oxygen atoms in total. The van der Waals surface area contributed by atoms with Crippen LogP contribution in [0, 0.1) is 11.8 Å². The molecule has 0 saturated heterocycles. The van der Waals surface area contributed by atoms with Gasteiger partial charge in [0.25, 0.3) is 0 Å². The second-order valence-corrected chi connectivity index (χ2v) is 5.96. The molecule has 0 aromatic rings. The Morgan fingerprint density at radius 2 is 1.79 bits per heavy atom. The molecule has 2 N–H and O–H groups in total. The smallest absolute Gasteiger partial charge is 0.306 e. The molecule has 1 aliphatic rings. The number of carboxylic acid groups (broad SMARTS) is 1. The number of carboxylic acids is 1. The molecule has 3 heteroatoms. The summed E-state index contributed by atoms with van der Waals surface area (Å²) in [5.41, 5.74) is 0. The Kier molecular flexibility index (Phi) is 8.89. The van der Waals surface area contributed by atoms with Gasteiger partial charge in [0.2, 0.25) is 0 Å². The zero-order chi connectivity index (χ0) is 13.9. The molecule has 2 atom stereocenters. The average molecular weight is 269 g/mol. The monoisotopic (exact) mass is 269 g/mol. The molecule has 1 fully saturated rings. The lowest BCUT2D eigenvalue weighted by Gasteiger charge is -2.28. The predicted molar refractivity (Wildman–Crippen MR) is 79.3 cm³/mol. The highest BCUT2D eigenvalue weighted by Crippen LogP contribution is 2.29. The van der Waals surface area contributed by atoms with E-state index in [0.29, 0.717) is 5.92 Å². The molecular weight excluding hydrogens is 238 g/mol. The van der Waals surface area contributed by atoms with E-state index in [1.165, 1.54) is 44.9 Å². The summed E-state index contributed by atoms with van der Waals surface area (Å²) < 4.78 is 0. The van der Waals surface area contributed by atoms with Crippen molar-refractivity contribution in [3.05, 3.63) is 0 Å². The van der Waals surface area contributed by atoms with Crippen molar-refractivity contribution >= 4 is 5.97 Å². The fourth-order valence-electron chi connectivity index (χ4n) is 3.09. The molecule has 0 aliphatic heterocycles. The predicted octanol–water partition coefficient (Wildman–Crippen LogP) is 3.83. The molecule has 0 bridgehead atoms. The maximum absolute atomic E-state index is 11.2. The fraction of sp³-hybridized carbons (Fsp3) is 0.938. The number of hydrogen-bond donors (Lipinski definition) is 2. The quantitative estimate of drug-likeness (QED) is 0.593. The van der Waals surface area contributed by atoms with Gasteiger partial charge in [0, 0.05) is 0 Å². The third kappa shape index (κ3) is 6.95. The Bertz CT molecular complexity index is 243. The van der Waals surface area contributed by atoms with Crippen molar-refractivity contribution in [2.24, 2.45) is 11.8 Å². The summed E-state index contributed by atoms with van der Waals surface area (Å²) in [5.74, 6) is -0.344. The van der Waals surface area contributed by atoms with Gasteiger partial charge in [0.1, 0.15) is 0 Å². The van der Waals surface area contributed by atoms with Gasteiger partial charge >= 0.3 is 5.97 Å². The molecule has 19 heavy (non-hydrogen) atoms. The summed E-state index contributed by atoms with van der Waals surface area (Å²) in [6.45, 7) is 4.19. The zero-order valence-electron chi connectivity index (χ0n) is 12.5. The van der Waals surface area contributed by atoms with Crippen LogP contribution in [0.25, 0.3) is 0 Å². The Morgan fingerprint density at radius 3 is 2.53 bits per heavy atom. The maximum atomic E-state index is 11.2. The topological polar surface area (TPSA) is 49.3 Å². The van der Waals surface area contributed by atoms with Crippen LogP contribution >= 0.6 is 0 Å². The van der Waals surface area contributed by atoms with Crippen LogP contribution in [-0.2, 0) is 4.79 Å². The van der Waals surface area contributed by atoms with Crippen LogP contribution in [0.5, 0.6) is 0 Å². The van der Waals surface area contributed by atoms with Gasteiger partial charge in [0.15, 0.2) is 0 Å². The molecule has 0 amide bonds. The Balaban J connectivity index is 2.02. The van der Waals surface area contributed by atoms with E-state index in [-0.39, 0.29) is 5.92 Å². The van der Waals surface area contributed by atoms with E-state index < -0.39 is 5.97 Å². The van der Waals surface area contributed by atoms with Crippen LogP contribution in [0.2, 0.25) is 0 Å². The van der Waals surface area contributed by atoms with Crippen molar-refractivity contribution in [3.8, 4) is 0 Å². The molecule has 0 spiro atoms. The Labute approximate surface area is 118 Å². The number of rotatable bonds is 10. The molecule has 1 rings (SSSR count). The summed E-state index contributed by atoms with van der Waals surface area (Å²) in [5, 5.41) is 12.7. The third-order valence-corrected chi connectivity index (χ3v) is 4.34. The largest absolute Gasteiger partial charge is 0.481 e. The number of aliphatic carboxylic acids is 1. The normalized spacial score (nSPS) is 23.4. The van der Waals surface area contributed by atoms with Gasteiger partial charge in [-0.3, -0.25) is 4.79 Å². The zero-order valence-corrected chi connectivity index (χ0v) is 12.5. The average Bonchev–Trinajstić information content (AvgIpc) is 2.42. The molecule has 0 aromatic heterocycles. The first-order chi connectivity index (χ1) is 9.25. The highest BCUT2D eigenvalue weighted by atomic mass is 16.4. The lowest BCUT2D eigenvalue weighted by Crippen LogP contribution is -2.35. The van der Waals surface area contributed by atoms with Crippen molar-refractivity contribution < 1.29 is 9.90 Å². The van der Waals surface area contributed by atoms with Gasteiger partial charge in [-0.15, -0.1) is 0 Å². The summed E-state index contributed by atoms with van der Waals surface area (Å²) >= 11 is 0. The summed E-state index contributed by atoms with van der Waals surface area (Å²) in [6.07, 6.45) is 12.1. The van der Waals surface area contributed by atoms with Crippen LogP contribution in [0.1, 0.15) is 71.1 Å². The molecule has 2 unspecified atom stereocenters. The molecule has 1 aliphatic carbocycles. The standard InChI is InChI=1S/C16H31NO2/c1-2-3-4-5-6-9-12-17-13-14-10-7-8-11-15(14)16(18)19/h14-15,17H,2-13H2,1H3,(H,18,19). The summed E-state index contributed by atoms with van der Waals surface area (Å²) in [7, 11) is 0.